The van der Waals surface area contributed by atoms with E-state index < -0.39 is 0 Å². The summed E-state index contributed by atoms with van der Waals surface area (Å²) in [6.07, 6.45) is 0.958. The molecule has 2 aromatic carbocycles. The monoisotopic (exact) mass is 320 g/mol. The zero-order valence-corrected chi connectivity index (χ0v) is 13.6. The molecule has 0 spiro atoms. The van der Waals surface area contributed by atoms with Gasteiger partial charge in [-0.05, 0) is 55.0 Å². The lowest BCUT2D eigenvalue weighted by Gasteiger charge is -1.98. The van der Waals surface area contributed by atoms with Crippen LogP contribution in [-0.4, -0.2) is 10.1 Å². The van der Waals surface area contributed by atoms with Crippen molar-refractivity contribution in [2.45, 2.75) is 26.2 Å². The van der Waals surface area contributed by atoms with Crippen LogP contribution < -0.4 is 0 Å². The lowest BCUT2D eigenvalue weighted by Crippen LogP contribution is -1.91. The van der Waals surface area contributed by atoms with Gasteiger partial charge in [0.05, 0.1) is 0 Å². The van der Waals surface area contributed by atoms with Gasteiger partial charge < -0.3 is 4.52 Å². The SMILES string of the molecule is CCC(C)c1nc(-c2ccc(C#Cc3ccc(F)cc3)cc2)no1. The van der Waals surface area contributed by atoms with Crippen molar-refractivity contribution in [3.05, 3.63) is 71.4 Å². The van der Waals surface area contributed by atoms with Crippen molar-refractivity contribution in [1.29, 1.82) is 0 Å². The van der Waals surface area contributed by atoms with Crippen molar-refractivity contribution >= 4 is 0 Å². The number of aromatic nitrogens is 2. The number of hydrogen-bond acceptors (Lipinski definition) is 3. The molecule has 0 radical (unpaired) electrons. The van der Waals surface area contributed by atoms with Crippen LogP contribution in [0.15, 0.2) is 53.1 Å². The Morgan fingerprint density at radius 2 is 1.58 bits per heavy atom. The Labute approximate surface area is 140 Å². The maximum atomic E-state index is 12.9. The topological polar surface area (TPSA) is 38.9 Å². The maximum absolute atomic E-state index is 12.9. The summed E-state index contributed by atoms with van der Waals surface area (Å²) in [6, 6.07) is 13.8. The average Bonchev–Trinajstić information content (AvgIpc) is 3.11. The first-order chi connectivity index (χ1) is 11.7. The lowest BCUT2D eigenvalue weighted by molar-refractivity contribution is 0.357. The van der Waals surface area contributed by atoms with E-state index in [4.69, 9.17) is 4.52 Å². The Kier molecular flexibility index (Phi) is 4.72. The Balaban J connectivity index is 1.76. The van der Waals surface area contributed by atoms with E-state index in [0.717, 1.165) is 23.1 Å². The number of halogens is 1. The first-order valence-electron chi connectivity index (χ1n) is 7.87. The van der Waals surface area contributed by atoms with E-state index in [0.29, 0.717) is 11.7 Å². The highest BCUT2D eigenvalue weighted by atomic mass is 19.1. The molecule has 0 fully saturated rings. The van der Waals surface area contributed by atoms with Gasteiger partial charge in [-0.25, -0.2) is 4.39 Å². The van der Waals surface area contributed by atoms with Gasteiger partial charge in [0.2, 0.25) is 11.7 Å². The molecule has 0 aliphatic rings. The Hall–Kier alpha value is -2.93. The Morgan fingerprint density at radius 3 is 2.17 bits per heavy atom. The summed E-state index contributed by atoms with van der Waals surface area (Å²) < 4.78 is 18.2. The first-order valence-corrected chi connectivity index (χ1v) is 7.87. The Bertz CT molecular complexity index is 870. The van der Waals surface area contributed by atoms with E-state index in [2.05, 4.69) is 35.8 Å². The summed E-state index contributed by atoms with van der Waals surface area (Å²) in [5.41, 5.74) is 2.53. The predicted molar refractivity (Wildman–Crippen MR) is 90.8 cm³/mol. The third kappa shape index (κ3) is 3.69. The second-order valence-corrected chi connectivity index (χ2v) is 5.60. The van der Waals surface area contributed by atoms with Crippen LogP contribution in [-0.2, 0) is 0 Å². The number of hydrogen-bond donors (Lipinski definition) is 0. The fourth-order valence-electron chi connectivity index (χ4n) is 2.11. The molecule has 0 N–H and O–H groups in total. The van der Waals surface area contributed by atoms with Gasteiger partial charge in [-0.1, -0.05) is 30.8 Å². The van der Waals surface area contributed by atoms with Crippen LogP contribution in [0.25, 0.3) is 11.4 Å². The van der Waals surface area contributed by atoms with Crippen LogP contribution in [0.5, 0.6) is 0 Å². The molecule has 0 aliphatic heterocycles. The quantitative estimate of drug-likeness (QED) is 0.651. The first kappa shape index (κ1) is 15.9. The van der Waals surface area contributed by atoms with Crippen LogP contribution in [0.1, 0.15) is 43.2 Å². The van der Waals surface area contributed by atoms with E-state index in [-0.39, 0.29) is 11.7 Å². The average molecular weight is 320 g/mol. The van der Waals surface area contributed by atoms with Gasteiger partial charge in [-0.15, -0.1) is 0 Å². The van der Waals surface area contributed by atoms with Crippen LogP contribution in [0.4, 0.5) is 4.39 Å². The molecular weight excluding hydrogens is 303 g/mol. The minimum atomic E-state index is -0.262. The molecule has 1 atom stereocenters. The molecule has 0 aliphatic carbocycles. The third-order valence-electron chi connectivity index (χ3n) is 3.81. The van der Waals surface area contributed by atoms with E-state index in [9.17, 15) is 4.39 Å². The molecule has 1 unspecified atom stereocenters. The van der Waals surface area contributed by atoms with Crippen molar-refractivity contribution in [1.82, 2.24) is 10.1 Å². The van der Waals surface area contributed by atoms with Crippen molar-refractivity contribution < 1.29 is 8.91 Å². The van der Waals surface area contributed by atoms with Crippen molar-refractivity contribution in [2.75, 3.05) is 0 Å². The molecule has 3 rings (SSSR count). The molecule has 4 heteroatoms. The predicted octanol–water partition coefficient (Wildman–Crippen LogP) is 4.79. The summed E-state index contributed by atoms with van der Waals surface area (Å²) in [5, 5.41) is 4.03. The van der Waals surface area contributed by atoms with Crippen molar-refractivity contribution in [3.8, 4) is 23.2 Å². The fourth-order valence-corrected chi connectivity index (χ4v) is 2.11. The van der Waals surface area contributed by atoms with Crippen LogP contribution in [0.3, 0.4) is 0 Å². The lowest BCUT2D eigenvalue weighted by atomic mass is 10.1. The molecule has 0 bridgehead atoms. The van der Waals surface area contributed by atoms with Crippen molar-refractivity contribution in [3.63, 3.8) is 0 Å². The second-order valence-electron chi connectivity index (χ2n) is 5.60. The fraction of sp³-hybridized carbons (Fsp3) is 0.200. The highest BCUT2D eigenvalue weighted by Crippen LogP contribution is 2.21. The molecule has 120 valence electrons. The standard InChI is InChI=1S/C20H17FN2O/c1-3-14(2)20-22-19(23-24-20)17-10-6-15(7-11-17)4-5-16-8-12-18(21)13-9-16/h6-14H,3H2,1-2H3. The van der Waals surface area contributed by atoms with Crippen LogP contribution in [0, 0.1) is 17.7 Å². The van der Waals surface area contributed by atoms with Gasteiger partial charge in [-0.3, -0.25) is 0 Å². The second kappa shape index (κ2) is 7.10. The molecule has 3 nitrogen and oxygen atoms in total. The van der Waals surface area contributed by atoms with Gasteiger partial charge in [0.25, 0.3) is 0 Å². The van der Waals surface area contributed by atoms with Crippen LogP contribution >= 0.6 is 0 Å². The van der Waals surface area contributed by atoms with Gasteiger partial charge in [0, 0.05) is 22.6 Å². The zero-order chi connectivity index (χ0) is 16.9. The largest absolute Gasteiger partial charge is 0.339 e. The summed E-state index contributed by atoms with van der Waals surface area (Å²) in [6.45, 7) is 4.15. The van der Waals surface area contributed by atoms with E-state index in [1.54, 1.807) is 12.1 Å². The maximum Gasteiger partial charge on any atom is 0.229 e. The van der Waals surface area contributed by atoms with Crippen LogP contribution in [0.2, 0.25) is 0 Å². The molecule has 1 aromatic heterocycles. The molecular formula is C20H17FN2O. The zero-order valence-electron chi connectivity index (χ0n) is 13.6. The van der Waals surface area contributed by atoms with Gasteiger partial charge in [0.15, 0.2) is 0 Å². The summed E-state index contributed by atoms with van der Waals surface area (Å²) in [5.74, 6) is 7.30. The molecule has 0 saturated carbocycles. The van der Waals surface area contributed by atoms with Gasteiger partial charge in [-0.2, -0.15) is 4.98 Å². The van der Waals surface area contributed by atoms with E-state index >= 15 is 0 Å². The minimum Gasteiger partial charge on any atom is -0.339 e. The Morgan fingerprint density at radius 1 is 1.00 bits per heavy atom. The molecule has 3 aromatic rings. The van der Waals surface area contributed by atoms with E-state index in [1.807, 2.05) is 24.3 Å². The van der Waals surface area contributed by atoms with Gasteiger partial charge in [0.1, 0.15) is 5.82 Å². The van der Waals surface area contributed by atoms with Crippen molar-refractivity contribution in [2.24, 2.45) is 0 Å². The van der Waals surface area contributed by atoms with E-state index in [1.165, 1.54) is 12.1 Å². The molecule has 0 saturated heterocycles. The number of rotatable bonds is 3. The molecule has 24 heavy (non-hydrogen) atoms. The third-order valence-corrected chi connectivity index (χ3v) is 3.81. The highest BCUT2D eigenvalue weighted by molar-refractivity contribution is 5.56. The molecule has 0 amide bonds. The smallest absolute Gasteiger partial charge is 0.229 e. The normalized spacial score (nSPS) is 11.6. The minimum absolute atomic E-state index is 0.257. The van der Waals surface area contributed by atoms with Gasteiger partial charge >= 0.3 is 0 Å². The number of nitrogens with zero attached hydrogens (tertiary/aromatic N) is 2. The summed E-state index contributed by atoms with van der Waals surface area (Å²) in [4.78, 5) is 4.43. The number of benzene rings is 2. The summed E-state index contributed by atoms with van der Waals surface area (Å²) >= 11 is 0. The highest BCUT2D eigenvalue weighted by Gasteiger charge is 2.13. The molecule has 1 heterocycles. The summed E-state index contributed by atoms with van der Waals surface area (Å²) in [7, 11) is 0.